The summed E-state index contributed by atoms with van der Waals surface area (Å²) in [5.41, 5.74) is 8.56. The van der Waals surface area contributed by atoms with E-state index in [1.807, 2.05) is 18.5 Å². The van der Waals surface area contributed by atoms with Gasteiger partial charge in [-0.15, -0.1) is 0 Å². The van der Waals surface area contributed by atoms with E-state index in [0.717, 1.165) is 67.1 Å². The van der Waals surface area contributed by atoms with Crippen LogP contribution in [0.3, 0.4) is 0 Å². The van der Waals surface area contributed by atoms with E-state index in [-0.39, 0.29) is 0 Å². The van der Waals surface area contributed by atoms with Crippen LogP contribution in [0, 0.1) is 6.92 Å². The zero-order valence-corrected chi connectivity index (χ0v) is 18.6. The minimum Gasteiger partial charge on any atom is -0.378 e. The van der Waals surface area contributed by atoms with Crippen molar-refractivity contribution < 1.29 is 4.74 Å². The lowest BCUT2D eigenvalue weighted by molar-refractivity contribution is 0.122. The number of nitrogens with zero attached hydrogens (tertiary/aromatic N) is 4. The molecular weight excluding hydrogens is 400 g/mol. The molecule has 32 heavy (non-hydrogen) atoms. The number of pyridine rings is 1. The van der Waals surface area contributed by atoms with E-state index in [2.05, 4.69) is 58.3 Å². The van der Waals surface area contributed by atoms with E-state index in [0.29, 0.717) is 5.95 Å². The molecule has 3 aromatic heterocycles. The van der Waals surface area contributed by atoms with Crippen molar-refractivity contribution in [2.24, 2.45) is 0 Å². The van der Waals surface area contributed by atoms with Crippen molar-refractivity contribution in [1.82, 2.24) is 19.9 Å². The Morgan fingerprint density at radius 3 is 2.69 bits per heavy atom. The summed E-state index contributed by atoms with van der Waals surface area (Å²) in [6, 6.07) is 10.3. The van der Waals surface area contributed by atoms with E-state index < -0.39 is 0 Å². The maximum Gasteiger partial charge on any atom is 0.227 e. The first kappa shape index (κ1) is 20.5. The zero-order valence-electron chi connectivity index (χ0n) is 18.6. The Morgan fingerprint density at radius 2 is 1.91 bits per heavy atom. The van der Waals surface area contributed by atoms with E-state index >= 15 is 0 Å². The van der Waals surface area contributed by atoms with Gasteiger partial charge in [-0.3, -0.25) is 4.98 Å². The van der Waals surface area contributed by atoms with Crippen LogP contribution in [0.4, 0.5) is 17.3 Å². The van der Waals surface area contributed by atoms with E-state index in [4.69, 9.17) is 14.7 Å². The van der Waals surface area contributed by atoms with Crippen molar-refractivity contribution in [2.75, 3.05) is 36.5 Å². The Hall–Kier alpha value is -3.45. The Bertz CT molecular complexity index is 1210. The Kier molecular flexibility index (Phi) is 5.73. The second-order valence-electron chi connectivity index (χ2n) is 8.12. The normalized spacial score (nSPS) is 14.1. The molecule has 0 unspecified atom stereocenters. The second kappa shape index (κ2) is 8.96. The van der Waals surface area contributed by atoms with Gasteiger partial charge < -0.3 is 19.9 Å². The molecule has 1 saturated heterocycles. The molecule has 7 heteroatoms. The molecule has 0 spiro atoms. The van der Waals surface area contributed by atoms with Crippen molar-refractivity contribution in [3.8, 4) is 11.3 Å². The summed E-state index contributed by atoms with van der Waals surface area (Å²) in [4.78, 5) is 19.6. The SMILES string of the molecule is CCCc1cnc2c(-c3ccnc(Nc4ccc(N5CCOCC5)cc4)n3)c[nH]c2c1C. The number of ether oxygens (including phenoxy) is 1. The Morgan fingerprint density at radius 1 is 1.09 bits per heavy atom. The summed E-state index contributed by atoms with van der Waals surface area (Å²) in [5.74, 6) is 0.565. The lowest BCUT2D eigenvalue weighted by Crippen LogP contribution is -2.36. The zero-order chi connectivity index (χ0) is 21.9. The van der Waals surface area contributed by atoms with Crippen LogP contribution in [0.5, 0.6) is 0 Å². The highest BCUT2D eigenvalue weighted by Crippen LogP contribution is 2.30. The number of fused-ring (bicyclic) bond motifs is 1. The molecule has 5 rings (SSSR count). The second-order valence-corrected chi connectivity index (χ2v) is 8.12. The number of aryl methyl sites for hydroxylation is 2. The molecule has 1 fully saturated rings. The maximum atomic E-state index is 5.44. The van der Waals surface area contributed by atoms with Gasteiger partial charge in [-0.1, -0.05) is 13.3 Å². The first-order valence-corrected chi connectivity index (χ1v) is 11.2. The minimum absolute atomic E-state index is 0.565. The van der Waals surface area contributed by atoms with Crippen LogP contribution >= 0.6 is 0 Å². The molecule has 1 aliphatic heterocycles. The van der Waals surface area contributed by atoms with Gasteiger partial charge in [0.05, 0.1) is 29.9 Å². The molecule has 1 aliphatic rings. The van der Waals surface area contributed by atoms with Gasteiger partial charge in [0, 0.05) is 48.6 Å². The molecule has 0 atom stereocenters. The maximum absolute atomic E-state index is 5.44. The molecule has 0 bridgehead atoms. The van der Waals surface area contributed by atoms with Gasteiger partial charge in [-0.2, -0.15) is 0 Å². The third-order valence-electron chi connectivity index (χ3n) is 6.01. The monoisotopic (exact) mass is 428 g/mol. The average Bonchev–Trinajstić information content (AvgIpc) is 3.27. The minimum atomic E-state index is 0.565. The third kappa shape index (κ3) is 4.03. The highest BCUT2D eigenvalue weighted by Gasteiger charge is 2.14. The fraction of sp³-hybridized carbons (Fsp3) is 0.320. The van der Waals surface area contributed by atoms with Crippen LogP contribution in [0.2, 0.25) is 0 Å². The highest BCUT2D eigenvalue weighted by atomic mass is 16.5. The van der Waals surface area contributed by atoms with Gasteiger partial charge in [0.2, 0.25) is 5.95 Å². The fourth-order valence-electron chi connectivity index (χ4n) is 4.23. The van der Waals surface area contributed by atoms with Gasteiger partial charge in [-0.25, -0.2) is 9.97 Å². The summed E-state index contributed by atoms with van der Waals surface area (Å²) >= 11 is 0. The van der Waals surface area contributed by atoms with E-state index in [9.17, 15) is 0 Å². The first-order chi connectivity index (χ1) is 15.7. The van der Waals surface area contributed by atoms with Crippen molar-refractivity contribution in [2.45, 2.75) is 26.7 Å². The van der Waals surface area contributed by atoms with Crippen LogP contribution in [0.15, 0.2) is 48.9 Å². The fourth-order valence-corrected chi connectivity index (χ4v) is 4.23. The lowest BCUT2D eigenvalue weighted by atomic mass is 10.0. The number of rotatable bonds is 6. The number of nitrogens with one attached hydrogen (secondary N) is 2. The highest BCUT2D eigenvalue weighted by molar-refractivity contribution is 5.93. The van der Waals surface area contributed by atoms with Gasteiger partial charge in [-0.05, 0) is 54.8 Å². The molecule has 0 amide bonds. The largest absolute Gasteiger partial charge is 0.378 e. The van der Waals surface area contributed by atoms with Crippen LogP contribution in [0.1, 0.15) is 24.5 Å². The number of H-pyrrole nitrogens is 1. The number of aromatic nitrogens is 4. The molecule has 7 nitrogen and oxygen atoms in total. The Labute approximate surface area is 187 Å². The molecule has 0 aliphatic carbocycles. The summed E-state index contributed by atoms with van der Waals surface area (Å²) in [7, 11) is 0. The standard InChI is InChI=1S/C25H28N6O/c1-3-4-18-15-27-24-21(16-28-23(24)17(18)2)22-9-10-26-25(30-22)29-19-5-7-20(8-6-19)31-11-13-32-14-12-31/h5-10,15-16,28H,3-4,11-14H2,1-2H3,(H,26,29,30). The molecule has 0 radical (unpaired) electrons. The molecule has 1 aromatic carbocycles. The van der Waals surface area contributed by atoms with Gasteiger partial charge in [0.15, 0.2) is 0 Å². The summed E-state index contributed by atoms with van der Waals surface area (Å²) in [5, 5.41) is 3.33. The lowest BCUT2D eigenvalue weighted by Gasteiger charge is -2.28. The quantitative estimate of drug-likeness (QED) is 0.457. The smallest absolute Gasteiger partial charge is 0.227 e. The van der Waals surface area contributed by atoms with Crippen molar-refractivity contribution >= 4 is 28.4 Å². The molecule has 164 valence electrons. The van der Waals surface area contributed by atoms with Crippen LogP contribution in [-0.2, 0) is 11.2 Å². The molecule has 4 aromatic rings. The van der Waals surface area contributed by atoms with Crippen molar-refractivity contribution in [3.63, 3.8) is 0 Å². The number of hydrogen-bond donors (Lipinski definition) is 2. The van der Waals surface area contributed by atoms with E-state index in [1.54, 1.807) is 6.20 Å². The molecular formula is C25H28N6O. The van der Waals surface area contributed by atoms with E-state index in [1.165, 1.54) is 16.8 Å². The van der Waals surface area contributed by atoms with Gasteiger partial charge in [0.1, 0.15) is 0 Å². The van der Waals surface area contributed by atoms with Gasteiger partial charge in [0.25, 0.3) is 0 Å². The topological polar surface area (TPSA) is 79.0 Å². The number of benzene rings is 1. The summed E-state index contributed by atoms with van der Waals surface area (Å²) in [6.45, 7) is 7.76. The third-order valence-corrected chi connectivity index (χ3v) is 6.01. The summed E-state index contributed by atoms with van der Waals surface area (Å²) < 4.78 is 5.44. The van der Waals surface area contributed by atoms with Crippen molar-refractivity contribution in [1.29, 1.82) is 0 Å². The Balaban J connectivity index is 1.37. The van der Waals surface area contributed by atoms with Crippen molar-refractivity contribution in [3.05, 3.63) is 60.0 Å². The summed E-state index contributed by atoms with van der Waals surface area (Å²) in [6.07, 6.45) is 7.91. The predicted molar refractivity (Wildman–Crippen MR) is 129 cm³/mol. The van der Waals surface area contributed by atoms with Gasteiger partial charge >= 0.3 is 0 Å². The average molecular weight is 429 g/mol. The molecule has 2 N–H and O–H groups in total. The van der Waals surface area contributed by atoms with Crippen LogP contribution in [-0.4, -0.2) is 46.2 Å². The number of morpholine rings is 1. The molecule has 4 heterocycles. The predicted octanol–water partition coefficient (Wildman–Crippen LogP) is 4.86. The first-order valence-electron chi connectivity index (χ1n) is 11.2. The van der Waals surface area contributed by atoms with Crippen LogP contribution in [0.25, 0.3) is 22.3 Å². The number of anilines is 3. The number of aromatic amines is 1. The number of hydrogen-bond acceptors (Lipinski definition) is 6. The van der Waals surface area contributed by atoms with Crippen LogP contribution < -0.4 is 10.2 Å². The molecule has 0 saturated carbocycles.